The molecule has 0 unspecified atom stereocenters. The minimum atomic E-state index is -0.0519. The topological polar surface area (TPSA) is 70.2 Å². The van der Waals surface area contributed by atoms with Gasteiger partial charge in [0.25, 0.3) is 0 Å². The molecule has 1 aromatic heterocycles. The summed E-state index contributed by atoms with van der Waals surface area (Å²) in [6, 6.07) is 0. The van der Waals surface area contributed by atoms with Crippen molar-refractivity contribution < 1.29 is 4.79 Å². The van der Waals surface area contributed by atoms with Crippen LogP contribution in [0.1, 0.15) is 27.2 Å². The zero-order chi connectivity index (χ0) is 15.8. The van der Waals surface area contributed by atoms with Gasteiger partial charge < -0.3 is 15.5 Å². The Morgan fingerprint density at radius 3 is 2.81 bits per heavy atom. The highest BCUT2D eigenvalue weighted by atomic mass is 35.5. The summed E-state index contributed by atoms with van der Waals surface area (Å²) in [4.78, 5) is 22.0. The lowest BCUT2D eigenvalue weighted by Gasteiger charge is -2.19. The summed E-state index contributed by atoms with van der Waals surface area (Å²) in [5, 5.41) is 6.40. The molecule has 0 atom stereocenters. The number of nitrogens with one attached hydrogen (secondary N) is 2. The van der Waals surface area contributed by atoms with E-state index in [2.05, 4.69) is 41.4 Å². The van der Waals surface area contributed by atoms with Crippen LogP contribution in [0.4, 0.5) is 11.8 Å². The van der Waals surface area contributed by atoms with Crippen LogP contribution in [0.25, 0.3) is 0 Å². The first-order valence-electron chi connectivity index (χ1n) is 7.18. The van der Waals surface area contributed by atoms with Gasteiger partial charge in [0.05, 0.1) is 12.7 Å². The molecule has 0 fully saturated rings. The van der Waals surface area contributed by atoms with E-state index in [4.69, 9.17) is 11.6 Å². The molecule has 2 N–H and O–H groups in total. The van der Waals surface area contributed by atoms with Crippen molar-refractivity contribution in [3.8, 4) is 0 Å². The van der Waals surface area contributed by atoms with Crippen LogP contribution < -0.4 is 15.5 Å². The maximum Gasteiger partial charge on any atom is 0.239 e. The van der Waals surface area contributed by atoms with Crippen molar-refractivity contribution in [2.45, 2.75) is 27.2 Å². The second-order valence-corrected chi connectivity index (χ2v) is 5.75. The highest BCUT2D eigenvalue weighted by Crippen LogP contribution is 2.22. The number of carbonyl (C=O) groups is 1. The van der Waals surface area contributed by atoms with Gasteiger partial charge in [0, 0.05) is 20.1 Å². The number of anilines is 2. The Morgan fingerprint density at radius 2 is 2.19 bits per heavy atom. The Balaban J connectivity index is 2.67. The highest BCUT2D eigenvalue weighted by Gasteiger charge is 2.13. The molecule has 1 amide bonds. The minimum Gasteiger partial charge on any atom is -0.354 e. The Hall–Kier alpha value is -1.56. The van der Waals surface area contributed by atoms with Crippen molar-refractivity contribution in [3.63, 3.8) is 0 Å². The fourth-order valence-electron chi connectivity index (χ4n) is 1.61. The SMILES string of the molecule is CCCNc1ncc(Cl)c(N(C)CC(=O)NCC(C)C)n1. The molecule has 0 aliphatic carbocycles. The lowest BCUT2D eigenvalue weighted by Crippen LogP contribution is -2.37. The van der Waals surface area contributed by atoms with E-state index in [1.807, 2.05) is 0 Å². The molecule has 0 spiro atoms. The molecule has 0 bridgehead atoms. The Kier molecular flexibility index (Phi) is 7.22. The number of carbonyl (C=O) groups excluding carboxylic acids is 1. The molecule has 0 radical (unpaired) electrons. The third-order valence-corrected chi connectivity index (χ3v) is 2.98. The van der Waals surface area contributed by atoms with Crippen LogP contribution in [-0.4, -0.2) is 42.6 Å². The molecule has 7 heteroatoms. The largest absolute Gasteiger partial charge is 0.354 e. The van der Waals surface area contributed by atoms with Crippen molar-refractivity contribution in [2.75, 3.05) is 36.9 Å². The standard InChI is InChI=1S/C14H24ClN5O/c1-5-6-16-14-18-8-11(15)13(19-14)20(4)9-12(21)17-7-10(2)3/h8,10H,5-7,9H2,1-4H3,(H,17,21)(H,16,18,19). The van der Waals surface area contributed by atoms with Gasteiger partial charge in [-0.05, 0) is 12.3 Å². The number of hydrogen-bond acceptors (Lipinski definition) is 5. The van der Waals surface area contributed by atoms with Crippen molar-refractivity contribution in [2.24, 2.45) is 5.92 Å². The number of halogens is 1. The van der Waals surface area contributed by atoms with Crippen LogP contribution in [-0.2, 0) is 4.79 Å². The summed E-state index contributed by atoms with van der Waals surface area (Å²) in [6.07, 6.45) is 2.53. The van der Waals surface area contributed by atoms with Gasteiger partial charge in [0.15, 0.2) is 5.82 Å². The zero-order valence-electron chi connectivity index (χ0n) is 13.1. The Bertz CT molecular complexity index is 467. The Labute approximate surface area is 131 Å². The fraction of sp³-hybridized carbons (Fsp3) is 0.643. The van der Waals surface area contributed by atoms with Gasteiger partial charge in [-0.25, -0.2) is 4.98 Å². The molecule has 118 valence electrons. The van der Waals surface area contributed by atoms with Crippen LogP contribution >= 0.6 is 11.6 Å². The molecular formula is C14H24ClN5O. The van der Waals surface area contributed by atoms with E-state index in [0.717, 1.165) is 13.0 Å². The molecule has 0 aliphatic rings. The summed E-state index contributed by atoms with van der Waals surface area (Å²) in [5.41, 5.74) is 0. The summed E-state index contributed by atoms with van der Waals surface area (Å²) in [6.45, 7) is 7.83. The normalized spacial score (nSPS) is 10.6. The quantitative estimate of drug-likeness (QED) is 0.769. The second kappa shape index (κ2) is 8.67. The van der Waals surface area contributed by atoms with E-state index in [9.17, 15) is 4.79 Å². The van der Waals surface area contributed by atoms with Gasteiger partial charge in [-0.1, -0.05) is 32.4 Å². The van der Waals surface area contributed by atoms with Crippen molar-refractivity contribution in [3.05, 3.63) is 11.2 Å². The average Bonchev–Trinajstić information content (AvgIpc) is 2.44. The molecule has 1 rings (SSSR count). The number of amides is 1. The minimum absolute atomic E-state index is 0.0519. The Morgan fingerprint density at radius 1 is 1.48 bits per heavy atom. The summed E-state index contributed by atoms with van der Waals surface area (Å²) < 4.78 is 0. The molecule has 0 saturated heterocycles. The molecule has 21 heavy (non-hydrogen) atoms. The third-order valence-electron chi connectivity index (χ3n) is 2.71. The van der Waals surface area contributed by atoms with E-state index in [1.54, 1.807) is 18.1 Å². The van der Waals surface area contributed by atoms with E-state index in [0.29, 0.717) is 29.3 Å². The smallest absolute Gasteiger partial charge is 0.239 e. The van der Waals surface area contributed by atoms with Gasteiger partial charge in [0.1, 0.15) is 5.02 Å². The predicted molar refractivity (Wildman–Crippen MR) is 86.9 cm³/mol. The summed E-state index contributed by atoms with van der Waals surface area (Å²) in [7, 11) is 1.78. The van der Waals surface area contributed by atoms with Gasteiger partial charge in [0.2, 0.25) is 11.9 Å². The predicted octanol–water partition coefficient (Wildman–Crippen LogP) is 2.16. The second-order valence-electron chi connectivity index (χ2n) is 5.35. The molecule has 0 saturated carbocycles. The maximum absolute atomic E-state index is 11.8. The van der Waals surface area contributed by atoms with Crippen molar-refractivity contribution >= 4 is 29.3 Å². The molecule has 0 aromatic carbocycles. The van der Waals surface area contributed by atoms with E-state index in [1.165, 1.54) is 0 Å². The molecule has 6 nitrogen and oxygen atoms in total. The van der Waals surface area contributed by atoms with Crippen molar-refractivity contribution in [1.82, 2.24) is 15.3 Å². The maximum atomic E-state index is 11.8. The molecule has 0 aliphatic heterocycles. The van der Waals surface area contributed by atoms with Gasteiger partial charge in [-0.3, -0.25) is 4.79 Å². The lowest BCUT2D eigenvalue weighted by molar-refractivity contribution is -0.119. The first kappa shape index (κ1) is 17.5. The number of hydrogen-bond donors (Lipinski definition) is 2. The summed E-state index contributed by atoms with van der Waals surface area (Å²) >= 11 is 6.11. The third kappa shape index (κ3) is 6.16. The monoisotopic (exact) mass is 313 g/mol. The van der Waals surface area contributed by atoms with E-state index >= 15 is 0 Å². The lowest BCUT2D eigenvalue weighted by atomic mass is 10.2. The average molecular weight is 314 g/mol. The van der Waals surface area contributed by atoms with Crippen LogP contribution in [0.3, 0.4) is 0 Å². The van der Waals surface area contributed by atoms with Crippen LogP contribution in [0.15, 0.2) is 6.20 Å². The number of likely N-dealkylation sites (N-methyl/N-ethyl adjacent to an activating group) is 1. The van der Waals surface area contributed by atoms with Crippen LogP contribution in [0.2, 0.25) is 5.02 Å². The number of nitrogens with zero attached hydrogens (tertiary/aromatic N) is 3. The number of rotatable bonds is 8. The van der Waals surface area contributed by atoms with Crippen molar-refractivity contribution in [1.29, 1.82) is 0 Å². The zero-order valence-corrected chi connectivity index (χ0v) is 13.9. The molecule has 1 heterocycles. The van der Waals surface area contributed by atoms with Crippen LogP contribution in [0, 0.1) is 5.92 Å². The molecular weight excluding hydrogens is 290 g/mol. The van der Waals surface area contributed by atoms with E-state index in [-0.39, 0.29) is 12.5 Å². The first-order chi connectivity index (χ1) is 9.93. The van der Waals surface area contributed by atoms with Gasteiger partial charge in [-0.15, -0.1) is 0 Å². The van der Waals surface area contributed by atoms with Gasteiger partial charge >= 0.3 is 0 Å². The number of aromatic nitrogens is 2. The fourth-order valence-corrected chi connectivity index (χ4v) is 1.85. The summed E-state index contributed by atoms with van der Waals surface area (Å²) in [5.74, 6) is 1.44. The first-order valence-corrected chi connectivity index (χ1v) is 7.56. The highest BCUT2D eigenvalue weighted by molar-refractivity contribution is 6.32. The van der Waals surface area contributed by atoms with Crippen LogP contribution in [0.5, 0.6) is 0 Å². The molecule has 1 aromatic rings. The van der Waals surface area contributed by atoms with Gasteiger partial charge in [-0.2, -0.15) is 4.98 Å². The van der Waals surface area contributed by atoms with E-state index < -0.39 is 0 Å².